The summed E-state index contributed by atoms with van der Waals surface area (Å²) in [5, 5.41) is 0. The molecule has 0 saturated heterocycles. The maximum atomic E-state index is 3.97. The van der Waals surface area contributed by atoms with Gasteiger partial charge in [-0.2, -0.15) is 0 Å². The van der Waals surface area contributed by atoms with Crippen LogP contribution >= 0.6 is 0 Å². The first-order valence-corrected chi connectivity index (χ1v) is 8.79. The standard InChI is InChI=1S/C20H33N/c1-4-7-9-13-17-21(18-14-10-8-5-2)20-16-12-11-15-19(20)6-3/h6,11-12,15-16H,3-5,7-10,13-14,17-18H2,1-2H3. The molecule has 1 heteroatoms. The summed E-state index contributed by atoms with van der Waals surface area (Å²) in [5.74, 6) is 0. The Kier molecular flexibility index (Phi) is 9.69. The monoisotopic (exact) mass is 287 g/mol. The molecule has 0 unspecified atom stereocenters. The highest BCUT2D eigenvalue weighted by Gasteiger charge is 2.08. The molecule has 118 valence electrons. The molecule has 0 heterocycles. The third-order valence-corrected chi connectivity index (χ3v) is 4.06. The largest absolute Gasteiger partial charge is 0.371 e. The van der Waals surface area contributed by atoms with E-state index in [9.17, 15) is 0 Å². The summed E-state index contributed by atoms with van der Waals surface area (Å²) >= 11 is 0. The highest BCUT2D eigenvalue weighted by molar-refractivity contribution is 5.66. The molecule has 0 spiro atoms. The van der Waals surface area contributed by atoms with E-state index in [1.54, 1.807) is 0 Å². The van der Waals surface area contributed by atoms with Gasteiger partial charge in [0, 0.05) is 18.8 Å². The number of benzene rings is 1. The lowest BCUT2D eigenvalue weighted by Crippen LogP contribution is -2.26. The SMILES string of the molecule is C=Cc1ccccc1N(CCCCCC)CCCCCC. The molecular formula is C20H33N. The van der Waals surface area contributed by atoms with Crippen LogP contribution in [0.15, 0.2) is 30.8 Å². The number of rotatable bonds is 12. The van der Waals surface area contributed by atoms with Gasteiger partial charge in [0.25, 0.3) is 0 Å². The Morgan fingerprint density at radius 3 is 1.95 bits per heavy atom. The normalized spacial score (nSPS) is 10.6. The van der Waals surface area contributed by atoms with Gasteiger partial charge in [0.15, 0.2) is 0 Å². The first-order valence-electron chi connectivity index (χ1n) is 8.79. The van der Waals surface area contributed by atoms with Crippen molar-refractivity contribution in [3.63, 3.8) is 0 Å². The Bertz CT molecular complexity index is 371. The predicted molar refractivity (Wildman–Crippen MR) is 97.0 cm³/mol. The summed E-state index contributed by atoms with van der Waals surface area (Å²) in [6.07, 6.45) is 12.6. The fourth-order valence-corrected chi connectivity index (χ4v) is 2.76. The molecule has 0 aliphatic rings. The molecule has 1 aromatic carbocycles. The fraction of sp³-hybridized carbons (Fsp3) is 0.600. The summed E-state index contributed by atoms with van der Waals surface area (Å²) in [7, 11) is 0. The molecule has 0 atom stereocenters. The fourth-order valence-electron chi connectivity index (χ4n) is 2.76. The van der Waals surface area contributed by atoms with E-state index in [2.05, 4.69) is 49.6 Å². The quantitative estimate of drug-likeness (QED) is 0.408. The number of unbranched alkanes of at least 4 members (excludes halogenated alkanes) is 6. The lowest BCUT2D eigenvalue weighted by molar-refractivity contribution is 0.608. The topological polar surface area (TPSA) is 3.24 Å². The zero-order valence-corrected chi connectivity index (χ0v) is 14.1. The summed E-state index contributed by atoms with van der Waals surface area (Å²) in [5.41, 5.74) is 2.63. The van der Waals surface area contributed by atoms with Crippen molar-refractivity contribution in [2.24, 2.45) is 0 Å². The summed E-state index contributed by atoms with van der Waals surface area (Å²) in [6, 6.07) is 8.67. The minimum Gasteiger partial charge on any atom is -0.371 e. The van der Waals surface area contributed by atoms with Gasteiger partial charge in [0.1, 0.15) is 0 Å². The van der Waals surface area contributed by atoms with Crippen molar-refractivity contribution < 1.29 is 0 Å². The third kappa shape index (κ3) is 6.84. The van der Waals surface area contributed by atoms with E-state index in [1.165, 1.54) is 75.7 Å². The van der Waals surface area contributed by atoms with Crippen LogP contribution in [0.25, 0.3) is 6.08 Å². The van der Waals surface area contributed by atoms with Gasteiger partial charge >= 0.3 is 0 Å². The van der Waals surface area contributed by atoms with Gasteiger partial charge in [-0.3, -0.25) is 0 Å². The number of hydrogen-bond donors (Lipinski definition) is 0. The lowest BCUT2D eigenvalue weighted by Gasteiger charge is -2.26. The van der Waals surface area contributed by atoms with Gasteiger partial charge in [-0.15, -0.1) is 0 Å². The summed E-state index contributed by atoms with van der Waals surface area (Å²) in [6.45, 7) is 10.9. The molecule has 0 amide bonds. The van der Waals surface area contributed by atoms with Crippen molar-refractivity contribution in [3.8, 4) is 0 Å². The maximum Gasteiger partial charge on any atom is 0.0439 e. The average Bonchev–Trinajstić information content (AvgIpc) is 2.53. The van der Waals surface area contributed by atoms with Gasteiger partial charge < -0.3 is 4.90 Å². The zero-order valence-electron chi connectivity index (χ0n) is 14.1. The van der Waals surface area contributed by atoms with Gasteiger partial charge in [-0.1, -0.05) is 83.2 Å². The van der Waals surface area contributed by atoms with Crippen molar-refractivity contribution in [1.29, 1.82) is 0 Å². The van der Waals surface area contributed by atoms with Crippen LogP contribution in [-0.4, -0.2) is 13.1 Å². The van der Waals surface area contributed by atoms with Crippen LogP contribution in [0.1, 0.15) is 70.8 Å². The number of para-hydroxylation sites is 1. The molecule has 0 aliphatic carbocycles. The second-order valence-corrected chi connectivity index (χ2v) is 5.87. The van der Waals surface area contributed by atoms with Gasteiger partial charge in [-0.05, 0) is 24.5 Å². The summed E-state index contributed by atoms with van der Waals surface area (Å²) in [4.78, 5) is 2.57. The van der Waals surface area contributed by atoms with Crippen LogP contribution < -0.4 is 4.90 Å². The predicted octanol–water partition coefficient (Wildman–Crippen LogP) is 6.30. The van der Waals surface area contributed by atoms with Crippen LogP contribution in [0.2, 0.25) is 0 Å². The van der Waals surface area contributed by atoms with E-state index in [0.717, 1.165) is 0 Å². The molecule has 21 heavy (non-hydrogen) atoms. The molecule has 0 saturated carbocycles. The first-order chi connectivity index (χ1) is 10.3. The first kappa shape index (κ1) is 17.8. The van der Waals surface area contributed by atoms with Crippen molar-refractivity contribution in [3.05, 3.63) is 36.4 Å². The van der Waals surface area contributed by atoms with Gasteiger partial charge in [0.05, 0.1) is 0 Å². The number of anilines is 1. The lowest BCUT2D eigenvalue weighted by atomic mass is 10.1. The molecule has 0 bridgehead atoms. The third-order valence-electron chi connectivity index (χ3n) is 4.06. The van der Waals surface area contributed by atoms with Crippen LogP contribution in [0.5, 0.6) is 0 Å². The average molecular weight is 287 g/mol. The van der Waals surface area contributed by atoms with E-state index in [0.29, 0.717) is 0 Å². The van der Waals surface area contributed by atoms with Crippen LogP contribution in [0.3, 0.4) is 0 Å². The summed E-state index contributed by atoms with van der Waals surface area (Å²) < 4.78 is 0. The molecule has 0 radical (unpaired) electrons. The van der Waals surface area contributed by atoms with Gasteiger partial charge in [0.2, 0.25) is 0 Å². The zero-order chi connectivity index (χ0) is 15.3. The van der Waals surface area contributed by atoms with Crippen molar-refractivity contribution >= 4 is 11.8 Å². The van der Waals surface area contributed by atoms with E-state index in [-0.39, 0.29) is 0 Å². The Labute approximate surface area is 132 Å². The number of nitrogens with zero attached hydrogens (tertiary/aromatic N) is 1. The Morgan fingerprint density at radius 1 is 0.857 bits per heavy atom. The minimum atomic E-state index is 1.18. The van der Waals surface area contributed by atoms with E-state index < -0.39 is 0 Å². The molecule has 0 N–H and O–H groups in total. The van der Waals surface area contributed by atoms with Crippen molar-refractivity contribution in [2.75, 3.05) is 18.0 Å². The van der Waals surface area contributed by atoms with E-state index >= 15 is 0 Å². The highest BCUT2D eigenvalue weighted by Crippen LogP contribution is 2.23. The van der Waals surface area contributed by atoms with Crippen LogP contribution in [0.4, 0.5) is 5.69 Å². The van der Waals surface area contributed by atoms with Crippen LogP contribution in [0, 0.1) is 0 Å². The van der Waals surface area contributed by atoms with E-state index in [4.69, 9.17) is 0 Å². The molecule has 0 aromatic heterocycles. The Balaban J connectivity index is 2.63. The molecule has 1 nitrogen and oxygen atoms in total. The molecular weight excluding hydrogens is 254 g/mol. The second kappa shape index (κ2) is 11.4. The number of hydrogen-bond acceptors (Lipinski definition) is 1. The molecule has 0 aliphatic heterocycles. The van der Waals surface area contributed by atoms with Crippen LogP contribution in [-0.2, 0) is 0 Å². The smallest absolute Gasteiger partial charge is 0.0439 e. The minimum absolute atomic E-state index is 1.18. The molecule has 1 rings (SSSR count). The Morgan fingerprint density at radius 2 is 1.43 bits per heavy atom. The van der Waals surface area contributed by atoms with Crippen molar-refractivity contribution in [2.45, 2.75) is 65.2 Å². The highest BCUT2D eigenvalue weighted by atomic mass is 15.1. The molecule has 0 fully saturated rings. The molecule has 1 aromatic rings. The second-order valence-electron chi connectivity index (χ2n) is 5.87. The maximum absolute atomic E-state index is 3.97. The van der Waals surface area contributed by atoms with Gasteiger partial charge in [-0.25, -0.2) is 0 Å². The van der Waals surface area contributed by atoms with Crippen molar-refractivity contribution in [1.82, 2.24) is 0 Å². The Hall–Kier alpha value is -1.24. The van der Waals surface area contributed by atoms with E-state index in [1.807, 2.05) is 6.08 Å².